The minimum atomic E-state index is -0.261. The SMILES string of the molecule is CCNC(=NCC(C)Oc1ccc(F)cc1)NCCN1CCCN(C)CC1. The highest BCUT2D eigenvalue weighted by Crippen LogP contribution is 2.13. The van der Waals surface area contributed by atoms with Gasteiger partial charge in [0.05, 0.1) is 6.54 Å². The van der Waals surface area contributed by atoms with Crippen molar-refractivity contribution in [3.05, 3.63) is 30.1 Å². The first-order valence-electron chi connectivity index (χ1n) is 9.92. The molecule has 1 saturated heterocycles. The Morgan fingerprint density at radius 2 is 1.96 bits per heavy atom. The predicted octanol–water partition coefficient (Wildman–Crippen LogP) is 1.79. The van der Waals surface area contributed by atoms with Gasteiger partial charge in [0, 0.05) is 32.7 Å². The molecular formula is C20H34FN5O. The van der Waals surface area contributed by atoms with Gasteiger partial charge in [0.25, 0.3) is 0 Å². The molecular weight excluding hydrogens is 345 g/mol. The van der Waals surface area contributed by atoms with Crippen molar-refractivity contribution in [1.82, 2.24) is 20.4 Å². The van der Waals surface area contributed by atoms with Crippen LogP contribution in [0.15, 0.2) is 29.3 Å². The molecule has 0 amide bonds. The molecule has 7 heteroatoms. The average molecular weight is 380 g/mol. The first kappa shape index (κ1) is 21.4. The third-order valence-electron chi connectivity index (χ3n) is 4.53. The van der Waals surface area contributed by atoms with E-state index < -0.39 is 0 Å². The number of hydrogen-bond donors (Lipinski definition) is 2. The van der Waals surface area contributed by atoms with Crippen LogP contribution in [0.25, 0.3) is 0 Å². The Morgan fingerprint density at radius 3 is 2.70 bits per heavy atom. The summed E-state index contributed by atoms with van der Waals surface area (Å²) in [5, 5.41) is 6.68. The monoisotopic (exact) mass is 379 g/mol. The number of ether oxygens (including phenoxy) is 1. The number of halogens is 1. The summed E-state index contributed by atoms with van der Waals surface area (Å²) in [4.78, 5) is 9.50. The van der Waals surface area contributed by atoms with Crippen LogP contribution in [0, 0.1) is 5.82 Å². The average Bonchev–Trinajstić information content (AvgIpc) is 2.86. The molecule has 0 saturated carbocycles. The van der Waals surface area contributed by atoms with Gasteiger partial charge in [-0.15, -0.1) is 0 Å². The Hall–Kier alpha value is -1.86. The van der Waals surface area contributed by atoms with Crippen molar-refractivity contribution < 1.29 is 9.13 Å². The van der Waals surface area contributed by atoms with Gasteiger partial charge in [-0.05, 0) is 64.7 Å². The quantitative estimate of drug-likeness (QED) is 0.533. The van der Waals surface area contributed by atoms with E-state index in [0.29, 0.717) is 12.3 Å². The van der Waals surface area contributed by atoms with E-state index in [0.717, 1.165) is 45.2 Å². The number of benzene rings is 1. The zero-order valence-electron chi connectivity index (χ0n) is 16.9. The number of rotatable bonds is 8. The van der Waals surface area contributed by atoms with E-state index in [9.17, 15) is 4.39 Å². The van der Waals surface area contributed by atoms with Crippen LogP contribution < -0.4 is 15.4 Å². The van der Waals surface area contributed by atoms with Gasteiger partial charge in [0.1, 0.15) is 17.7 Å². The van der Waals surface area contributed by atoms with Crippen molar-refractivity contribution >= 4 is 5.96 Å². The Bertz CT molecular complexity index is 566. The molecule has 1 fully saturated rings. The Kier molecular flexibility index (Phi) is 9.35. The number of likely N-dealkylation sites (N-methyl/N-ethyl adjacent to an activating group) is 1. The minimum Gasteiger partial charge on any atom is -0.489 e. The highest BCUT2D eigenvalue weighted by atomic mass is 19.1. The summed E-state index contributed by atoms with van der Waals surface area (Å²) < 4.78 is 18.7. The predicted molar refractivity (Wildman–Crippen MR) is 109 cm³/mol. The van der Waals surface area contributed by atoms with Crippen molar-refractivity contribution in [3.63, 3.8) is 0 Å². The first-order valence-corrected chi connectivity index (χ1v) is 9.92. The number of nitrogens with zero attached hydrogens (tertiary/aromatic N) is 3. The van der Waals surface area contributed by atoms with Crippen molar-refractivity contribution in [1.29, 1.82) is 0 Å². The smallest absolute Gasteiger partial charge is 0.191 e. The summed E-state index contributed by atoms with van der Waals surface area (Å²) in [7, 11) is 2.19. The summed E-state index contributed by atoms with van der Waals surface area (Å²) >= 11 is 0. The number of hydrogen-bond acceptors (Lipinski definition) is 4. The second kappa shape index (κ2) is 11.8. The highest BCUT2D eigenvalue weighted by molar-refractivity contribution is 5.79. The van der Waals surface area contributed by atoms with E-state index in [1.54, 1.807) is 12.1 Å². The zero-order valence-corrected chi connectivity index (χ0v) is 16.9. The lowest BCUT2D eigenvalue weighted by molar-refractivity contribution is 0.230. The van der Waals surface area contributed by atoms with Gasteiger partial charge in [0.2, 0.25) is 0 Å². The lowest BCUT2D eigenvalue weighted by atomic mass is 10.3. The van der Waals surface area contributed by atoms with Gasteiger partial charge in [0.15, 0.2) is 5.96 Å². The van der Waals surface area contributed by atoms with Crippen LogP contribution in [0.3, 0.4) is 0 Å². The molecule has 0 aliphatic carbocycles. The van der Waals surface area contributed by atoms with E-state index in [1.165, 1.54) is 25.1 Å². The topological polar surface area (TPSA) is 52.1 Å². The maximum Gasteiger partial charge on any atom is 0.191 e. The van der Waals surface area contributed by atoms with Crippen LogP contribution in [-0.2, 0) is 0 Å². The fraction of sp³-hybridized carbons (Fsp3) is 0.650. The summed E-state index contributed by atoms with van der Waals surface area (Å²) in [5.41, 5.74) is 0. The molecule has 1 aromatic carbocycles. The number of nitrogens with one attached hydrogen (secondary N) is 2. The van der Waals surface area contributed by atoms with Crippen molar-refractivity contribution in [3.8, 4) is 5.75 Å². The lowest BCUT2D eigenvalue weighted by Crippen LogP contribution is -2.42. The van der Waals surface area contributed by atoms with Crippen LogP contribution in [0.1, 0.15) is 20.3 Å². The van der Waals surface area contributed by atoms with Crippen LogP contribution in [0.4, 0.5) is 4.39 Å². The van der Waals surface area contributed by atoms with E-state index in [-0.39, 0.29) is 11.9 Å². The fourth-order valence-corrected chi connectivity index (χ4v) is 3.00. The molecule has 152 valence electrons. The van der Waals surface area contributed by atoms with Crippen LogP contribution in [0.5, 0.6) is 5.75 Å². The van der Waals surface area contributed by atoms with Gasteiger partial charge in [-0.3, -0.25) is 0 Å². The standard InChI is InChI=1S/C20H34FN5O/c1-4-22-20(23-10-13-26-12-5-11-25(3)14-15-26)24-16-17(2)27-19-8-6-18(21)7-9-19/h6-9,17H,4-5,10-16H2,1-3H3,(H2,22,23,24). The van der Waals surface area contributed by atoms with Crippen LogP contribution in [0.2, 0.25) is 0 Å². The molecule has 1 atom stereocenters. The third kappa shape index (κ3) is 8.58. The van der Waals surface area contributed by atoms with Crippen molar-refractivity contribution in [2.45, 2.75) is 26.4 Å². The largest absolute Gasteiger partial charge is 0.489 e. The molecule has 1 aliphatic rings. The normalized spacial score (nSPS) is 18.0. The Morgan fingerprint density at radius 1 is 1.19 bits per heavy atom. The minimum absolute atomic E-state index is 0.0907. The molecule has 0 aromatic heterocycles. The fourth-order valence-electron chi connectivity index (χ4n) is 3.00. The van der Waals surface area contributed by atoms with E-state index in [4.69, 9.17) is 4.74 Å². The summed E-state index contributed by atoms with van der Waals surface area (Å²) in [6, 6.07) is 6.07. The maximum absolute atomic E-state index is 13.0. The molecule has 27 heavy (non-hydrogen) atoms. The van der Waals surface area contributed by atoms with Crippen LogP contribution in [-0.4, -0.2) is 81.3 Å². The number of aliphatic imine (C=N–C) groups is 1. The first-order chi connectivity index (χ1) is 13.1. The number of guanidine groups is 1. The second-order valence-corrected chi connectivity index (χ2v) is 7.03. The molecule has 0 spiro atoms. The molecule has 2 rings (SSSR count). The van der Waals surface area contributed by atoms with E-state index in [1.807, 2.05) is 6.92 Å². The Labute approximate surface area is 162 Å². The van der Waals surface area contributed by atoms with Crippen molar-refractivity contribution in [2.75, 3.05) is 59.4 Å². The third-order valence-corrected chi connectivity index (χ3v) is 4.53. The van der Waals surface area contributed by atoms with Gasteiger partial charge in [-0.1, -0.05) is 0 Å². The molecule has 1 aliphatic heterocycles. The summed E-state index contributed by atoms with van der Waals surface area (Å²) in [5.74, 6) is 1.20. The van der Waals surface area contributed by atoms with Crippen molar-refractivity contribution in [2.24, 2.45) is 4.99 Å². The van der Waals surface area contributed by atoms with Gasteiger partial charge < -0.3 is 25.2 Å². The molecule has 1 unspecified atom stereocenters. The van der Waals surface area contributed by atoms with Gasteiger partial charge in [-0.2, -0.15) is 0 Å². The Balaban J connectivity index is 1.74. The summed E-state index contributed by atoms with van der Waals surface area (Å²) in [6.07, 6.45) is 1.13. The zero-order chi connectivity index (χ0) is 19.5. The molecule has 0 radical (unpaired) electrons. The molecule has 0 bridgehead atoms. The highest BCUT2D eigenvalue weighted by Gasteiger charge is 2.11. The van der Waals surface area contributed by atoms with E-state index in [2.05, 4.69) is 39.4 Å². The molecule has 6 nitrogen and oxygen atoms in total. The summed E-state index contributed by atoms with van der Waals surface area (Å²) in [6.45, 7) is 11.8. The maximum atomic E-state index is 13.0. The second-order valence-electron chi connectivity index (χ2n) is 7.03. The lowest BCUT2D eigenvalue weighted by Gasteiger charge is -2.21. The van der Waals surface area contributed by atoms with Gasteiger partial charge in [-0.25, -0.2) is 9.38 Å². The molecule has 2 N–H and O–H groups in total. The van der Waals surface area contributed by atoms with Crippen LogP contribution >= 0.6 is 0 Å². The molecule has 1 aromatic rings. The van der Waals surface area contributed by atoms with E-state index >= 15 is 0 Å². The van der Waals surface area contributed by atoms with Gasteiger partial charge >= 0.3 is 0 Å². The molecule has 1 heterocycles.